The molecule has 29 heavy (non-hydrogen) atoms. The standard InChI is InChI=1S/C23H44NO4.ClH/c1-7-8-9-10-11-12-13-14-15-16-27-22(25)18-21(19-24(4,5)6)28-23(26)17-20(2)3;/h7,20-21H,1,8-19H2,2-6H3;1H/q+1;/p-1/t21-;/m1./s1. The van der Waals surface area contributed by atoms with Crippen molar-refractivity contribution in [3.8, 4) is 0 Å². The number of halogens is 1. The van der Waals surface area contributed by atoms with Crippen molar-refractivity contribution in [3.63, 3.8) is 0 Å². The molecule has 0 saturated heterocycles. The molecule has 1 atom stereocenters. The number of unbranched alkanes of at least 4 members (excludes halogenated alkanes) is 7. The van der Waals surface area contributed by atoms with Crippen LogP contribution >= 0.6 is 0 Å². The minimum atomic E-state index is -0.436. The molecule has 0 aliphatic rings. The molecule has 0 N–H and O–H groups in total. The van der Waals surface area contributed by atoms with Crippen molar-refractivity contribution < 1.29 is 36.0 Å². The van der Waals surface area contributed by atoms with Gasteiger partial charge in [-0.15, -0.1) is 6.58 Å². The van der Waals surface area contributed by atoms with Crippen LogP contribution in [0.2, 0.25) is 0 Å². The number of ether oxygens (including phenoxy) is 2. The fourth-order valence-corrected chi connectivity index (χ4v) is 3.03. The van der Waals surface area contributed by atoms with Crippen LogP contribution in [-0.2, 0) is 19.1 Å². The van der Waals surface area contributed by atoms with Gasteiger partial charge in [0.1, 0.15) is 6.54 Å². The van der Waals surface area contributed by atoms with E-state index in [-0.39, 0.29) is 36.7 Å². The first-order valence-corrected chi connectivity index (χ1v) is 10.9. The summed E-state index contributed by atoms with van der Waals surface area (Å²) in [7, 11) is 6.06. The second kappa shape index (κ2) is 17.8. The third-order valence-corrected chi connectivity index (χ3v) is 4.33. The van der Waals surface area contributed by atoms with Gasteiger partial charge in [-0.05, 0) is 25.2 Å². The Labute approximate surface area is 185 Å². The summed E-state index contributed by atoms with van der Waals surface area (Å²) < 4.78 is 11.5. The summed E-state index contributed by atoms with van der Waals surface area (Å²) in [6.07, 6.45) is 11.3. The Morgan fingerprint density at radius 1 is 0.897 bits per heavy atom. The summed E-state index contributed by atoms with van der Waals surface area (Å²) in [4.78, 5) is 24.1. The summed E-state index contributed by atoms with van der Waals surface area (Å²) in [6.45, 7) is 8.73. The van der Waals surface area contributed by atoms with Gasteiger partial charge in [0.05, 0.1) is 34.2 Å². The van der Waals surface area contributed by atoms with Crippen LogP contribution < -0.4 is 12.4 Å². The maximum absolute atomic E-state index is 12.2. The zero-order chi connectivity index (χ0) is 21.4. The molecule has 0 bridgehead atoms. The predicted molar refractivity (Wildman–Crippen MR) is 115 cm³/mol. The van der Waals surface area contributed by atoms with E-state index in [1.54, 1.807) is 0 Å². The molecule has 172 valence electrons. The first kappa shape index (κ1) is 30.1. The average molecular weight is 434 g/mol. The summed E-state index contributed by atoms with van der Waals surface area (Å²) in [5, 5.41) is 0. The first-order valence-electron chi connectivity index (χ1n) is 10.9. The summed E-state index contributed by atoms with van der Waals surface area (Å²) in [6, 6.07) is 0. The lowest BCUT2D eigenvalue weighted by molar-refractivity contribution is -0.873. The Bertz CT molecular complexity index is 447. The van der Waals surface area contributed by atoms with Gasteiger partial charge in [0.15, 0.2) is 6.10 Å². The molecule has 0 fully saturated rings. The molecular formula is C23H44ClNO4. The van der Waals surface area contributed by atoms with Crippen LogP contribution in [0.3, 0.4) is 0 Å². The molecular weight excluding hydrogens is 390 g/mol. The topological polar surface area (TPSA) is 52.6 Å². The zero-order valence-electron chi connectivity index (χ0n) is 19.4. The van der Waals surface area contributed by atoms with Crippen LogP contribution in [0.15, 0.2) is 12.7 Å². The fourth-order valence-electron chi connectivity index (χ4n) is 3.03. The van der Waals surface area contributed by atoms with Gasteiger partial charge in [-0.25, -0.2) is 0 Å². The second-order valence-electron chi connectivity index (χ2n) is 9.16. The molecule has 0 amide bonds. The van der Waals surface area contributed by atoms with Crippen molar-refractivity contribution in [2.24, 2.45) is 5.92 Å². The van der Waals surface area contributed by atoms with E-state index in [4.69, 9.17) is 9.47 Å². The number of hydrogen-bond acceptors (Lipinski definition) is 4. The van der Waals surface area contributed by atoms with Crippen LogP contribution in [0.1, 0.15) is 78.1 Å². The molecule has 0 aromatic heterocycles. The quantitative estimate of drug-likeness (QED) is 0.152. The normalized spacial score (nSPS) is 12.2. The number of likely N-dealkylation sites (N-methyl/N-ethyl adjacent to an activating group) is 1. The number of hydrogen-bond donors (Lipinski definition) is 0. The largest absolute Gasteiger partial charge is 1.00 e. The van der Waals surface area contributed by atoms with Gasteiger partial charge < -0.3 is 26.4 Å². The number of carbonyl (C=O) groups is 2. The number of nitrogens with zero attached hydrogens (tertiary/aromatic N) is 1. The molecule has 0 spiro atoms. The van der Waals surface area contributed by atoms with E-state index in [2.05, 4.69) is 6.58 Å². The van der Waals surface area contributed by atoms with Gasteiger partial charge in [-0.3, -0.25) is 9.59 Å². The van der Waals surface area contributed by atoms with Crippen molar-refractivity contribution in [2.75, 3.05) is 34.3 Å². The highest BCUT2D eigenvalue weighted by Crippen LogP contribution is 2.11. The molecule has 0 unspecified atom stereocenters. The summed E-state index contributed by atoms with van der Waals surface area (Å²) >= 11 is 0. The van der Waals surface area contributed by atoms with Gasteiger partial charge in [-0.2, -0.15) is 0 Å². The Morgan fingerprint density at radius 3 is 1.97 bits per heavy atom. The lowest BCUT2D eigenvalue weighted by atomic mass is 10.1. The van der Waals surface area contributed by atoms with Gasteiger partial charge in [0.25, 0.3) is 0 Å². The van der Waals surface area contributed by atoms with Gasteiger partial charge >= 0.3 is 11.9 Å². The SMILES string of the molecule is C=CCCCCCCCCCOC(=O)C[C@H](C[N+](C)(C)C)OC(=O)CC(C)C.[Cl-]. The van der Waals surface area contributed by atoms with Crippen LogP contribution in [0.5, 0.6) is 0 Å². The maximum Gasteiger partial charge on any atom is 0.309 e. The van der Waals surface area contributed by atoms with Crippen LogP contribution in [0.4, 0.5) is 0 Å². The molecule has 0 aliphatic carbocycles. The third-order valence-electron chi connectivity index (χ3n) is 4.33. The van der Waals surface area contributed by atoms with E-state index < -0.39 is 6.10 Å². The van der Waals surface area contributed by atoms with Crippen LogP contribution in [0.25, 0.3) is 0 Å². The number of esters is 2. The van der Waals surface area contributed by atoms with E-state index in [1.165, 1.54) is 32.1 Å². The average Bonchev–Trinajstić information content (AvgIpc) is 2.54. The van der Waals surface area contributed by atoms with Crippen molar-refractivity contribution in [2.45, 2.75) is 84.2 Å². The highest BCUT2D eigenvalue weighted by atomic mass is 35.5. The molecule has 5 nitrogen and oxygen atoms in total. The van der Waals surface area contributed by atoms with Crippen LogP contribution in [-0.4, -0.2) is 56.8 Å². The monoisotopic (exact) mass is 433 g/mol. The Morgan fingerprint density at radius 2 is 1.45 bits per heavy atom. The number of carbonyl (C=O) groups excluding carboxylic acids is 2. The number of rotatable bonds is 17. The fraction of sp³-hybridized carbons (Fsp3) is 0.826. The highest BCUT2D eigenvalue weighted by Gasteiger charge is 2.25. The Kier molecular flexibility index (Phi) is 18.4. The molecule has 0 heterocycles. The van der Waals surface area contributed by atoms with E-state index in [0.717, 1.165) is 19.3 Å². The number of allylic oxidation sites excluding steroid dienone is 1. The van der Waals surface area contributed by atoms with Gasteiger partial charge in [0.2, 0.25) is 0 Å². The molecule has 0 aromatic carbocycles. The van der Waals surface area contributed by atoms with E-state index in [1.807, 2.05) is 41.1 Å². The van der Waals surface area contributed by atoms with E-state index in [9.17, 15) is 9.59 Å². The highest BCUT2D eigenvalue weighted by molar-refractivity contribution is 5.72. The Hall–Kier alpha value is -1.07. The molecule has 0 aliphatic heterocycles. The van der Waals surface area contributed by atoms with Crippen LogP contribution in [0, 0.1) is 5.92 Å². The molecule has 0 rings (SSSR count). The summed E-state index contributed by atoms with van der Waals surface area (Å²) in [5.74, 6) is -0.277. The van der Waals surface area contributed by atoms with Gasteiger partial charge in [0, 0.05) is 6.42 Å². The summed E-state index contributed by atoms with van der Waals surface area (Å²) in [5.41, 5.74) is 0. The van der Waals surface area contributed by atoms with Crippen molar-refractivity contribution in [3.05, 3.63) is 12.7 Å². The van der Waals surface area contributed by atoms with Crippen molar-refractivity contribution in [1.82, 2.24) is 0 Å². The third kappa shape index (κ3) is 21.5. The first-order chi connectivity index (χ1) is 13.1. The van der Waals surface area contributed by atoms with E-state index in [0.29, 0.717) is 24.1 Å². The Balaban J connectivity index is 0. The smallest absolute Gasteiger partial charge is 0.309 e. The number of quaternary nitrogens is 1. The van der Waals surface area contributed by atoms with Crippen molar-refractivity contribution in [1.29, 1.82) is 0 Å². The van der Waals surface area contributed by atoms with Gasteiger partial charge in [-0.1, -0.05) is 52.0 Å². The maximum atomic E-state index is 12.2. The predicted octanol–water partition coefficient (Wildman–Crippen LogP) is 1.89. The zero-order valence-corrected chi connectivity index (χ0v) is 20.1. The molecule has 0 aromatic rings. The van der Waals surface area contributed by atoms with Crippen molar-refractivity contribution >= 4 is 11.9 Å². The minimum absolute atomic E-state index is 0. The van der Waals surface area contributed by atoms with E-state index >= 15 is 0 Å². The lowest BCUT2D eigenvalue weighted by Gasteiger charge is -2.28. The minimum Gasteiger partial charge on any atom is -1.00 e. The second-order valence-corrected chi connectivity index (χ2v) is 9.16. The lowest BCUT2D eigenvalue weighted by Crippen LogP contribution is -3.00. The molecule has 0 saturated carbocycles. The molecule has 0 radical (unpaired) electrons. The molecule has 6 heteroatoms.